The van der Waals surface area contributed by atoms with Crippen molar-refractivity contribution in [2.75, 3.05) is 20.6 Å². The number of fused-ring (bicyclic) bond motifs is 3. The van der Waals surface area contributed by atoms with Crippen LogP contribution in [-0.2, 0) is 22.6 Å². The molecule has 0 spiro atoms. The first-order valence-electron chi connectivity index (χ1n) is 13.0. The summed E-state index contributed by atoms with van der Waals surface area (Å²) in [6, 6.07) is 6.95. The van der Waals surface area contributed by atoms with Crippen molar-refractivity contribution in [1.82, 2.24) is 15.2 Å². The van der Waals surface area contributed by atoms with E-state index in [-0.39, 0.29) is 47.4 Å². The third-order valence-corrected chi connectivity index (χ3v) is 8.22. The molecule has 1 aromatic heterocycles. The van der Waals surface area contributed by atoms with Crippen molar-refractivity contribution >= 4 is 23.3 Å². The lowest BCUT2D eigenvalue weighted by Crippen LogP contribution is -2.63. The topological polar surface area (TPSA) is 203 Å². The number of aromatic hydroxyl groups is 1. The minimum absolute atomic E-state index is 0.0320. The maximum Gasteiger partial charge on any atom is 0.255 e. The van der Waals surface area contributed by atoms with Gasteiger partial charge in [-0.2, -0.15) is 0 Å². The number of nitrogens with two attached hydrogens (primary N) is 1. The van der Waals surface area contributed by atoms with Gasteiger partial charge in [-0.05, 0) is 62.7 Å². The molecule has 214 valence electrons. The number of allylic oxidation sites excluding steroid dienone is 1. The Bertz CT molecular complexity index is 1550. The molecular weight excluding hydrogens is 532 g/mol. The van der Waals surface area contributed by atoms with Crippen LogP contribution in [0.3, 0.4) is 0 Å². The number of carbonyl (C=O) groups is 4. The molecule has 0 radical (unpaired) electrons. The van der Waals surface area contributed by atoms with Gasteiger partial charge in [-0.1, -0.05) is 6.07 Å². The Labute approximate surface area is 234 Å². The van der Waals surface area contributed by atoms with Crippen LogP contribution in [0.2, 0.25) is 0 Å². The molecule has 12 heteroatoms. The quantitative estimate of drug-likeness (QED) is 0.202. The van der Waals surface area contributed by atoms with Crippen LogP contribution in [0.15, 0.2) is 59.2 Å². The smallest absolute Gasteiger partial charge is 0.255 e. The van der Waals surface area contributed by atoms with Gasteiger partial charge in [-0.25, -0.2) is 0 Å². The maximum absolute atomic E-state index is 13.8. The molecule has 1 amide bonds. The van der Waals surface area contributed by atoms with E-state index in [1.165, 1.54) is 17.0 Å². The summed E-state index contributed by atoms with van der Waals surface area (Å²) >= 11 is 0. The fourth-order valence-corrected chi connectivity index (χ4v) is 6.41. The molecule has 0 bridgehead atoms. The van der Waals surface area contributed by atoms with E-state index in [0.717, 1.165) is 5.69 Å². The molecule has 2 aromatic rings. The molecule has 7 N–H and O–H groups in total. The first-order valence-corrected chi connectivity index (χ1v) is 13.0. The van der Waals surface area contributed by atoms with Crippen molar-refractivity contribution in [3.8, 4) is 5.75 Å². The number of primary amides is 1. The van der Waals surface area contributed by atoms with Crippen molar-refractivity contribution in [3.05, 3.63) is 81.6 Å². The summed E-state index contributed by atoms with van der Waals surface area (Å²) in [7, 11) is 3.11. The van der Waals surface area contributed by atoms with Crippen LogP contribution in [0.1, 0.15) is 38.4 Å². The average Bonchev–Trinajstić information content (AvgIpc) is 2.91. The van der Waals surface area contributed by atoms with E-state index in [4.69, 9.17) is 5.73 Å². The van der Waals surface area contributed by atoms with Crippen LogP contribution in [0.4, 0.5) is 0 Å². The van der Waals surface area contributed by atoms with Crippen LogP contribution in [0.25, 0.3) is 0 Å². The van der Waals surface area contributed by atoms with Crippen molar-refractivity contribution < 1.29 is 39.6 Å². The van der Waals surface area contributed by atoms with Gasteiger partial charge in [0.15, 0.2) is 17.2 Å². The Morgan fingerprint density at radius 2 is 1.88 bits per heavy atom. The molecule has 5 rings (SSSR count). The van der Waals surface area contributed by atoms with Crippen molar-refractivity contribution in [2.24, 2.45) is 17.6 Å². The molecule has 3 aliphatic rings. The lowest BCUT2D eigenvalue weighted by molar-refractivity contribution is -0.148. The van der Waals surface area contributed by atoms with Gasteiger partial charge >= 0.3 is 0 Å². The molecule has 0 saturated heterocycles. The number of aliphatic hydroxyl groups excluding tert-OH is 2. The number of nitrogens with zero attached hydrogens (tertiary/aromatic N) is 2. The summed E-state index contributed by atoms with van der Waals surface area (Å²) in [6.45, 7) is 0.258. The van der Waals surface area contributed by atoms with Crippen molar-refractivity contribution in [2.45, 2.75) is 31.0 Å². The van der Waals surface area contributed by atoms with E-state index in [1.807, 2.05) is 6.07 Å². The minimum atomic E-state index is -2.72. The number of likely N-dealkylation sites (N-methyl/N-ethyl adjacent to an activating group) is 1. The predicted molar refractivity (Wildman–Crippen MR) is 144 cm³/mol. The third kappa shape index (κ3) is 4.31. The first-order chi connectivity index (χ1) is 19.4. The van der Waals surface area contributed by atoms with E-state index in [2.05, 4.69) is 10.3 Å². The molecular formula is C29H30N4O8. The van der Waals surface area contributed by atoms with Crippen LogP contribution in [0, 0.1) is 11.8 Å². The predicted octanol–water partition coefficient (Wildman–Crippen LogP) is 0.488. The number of aliphatic hydroxyl groups is 3. The fraction of sp³-hybridized carbons (Fsp3) is 0.345. The molecule has 0 aliphatic heterocycles. The van der Waals surface area contributed by atoms with Gasteiger partial charge in [0.1, 0.15) is 22.8 Å². The molecule has 12 nitrogen and oxygen atoms in total. The third-order valence-electron chi connectivity index (χ3n) is 8.22. The summed E-state index contributed by atoms with van der Waals surface area (Å²) in [5, 5.41) is 47.6. The normalized spacial score (nSPS) is 25.6. The number of amides is 1. The van der Waals surface area contributed by atoms with Gasteiger partial charge in [-0.15, -0.1) is 0 Å². The van der Waals surface area contributed by atoms with E-state index < -0.39 is 63.8 Å². The number of pyridine rings is 1. The number of phenols is 1. The zero-order chi connectivity index (χ0) is 29.8. The highest BCUT2D eigenvalue weighted by molar-refractivity contribution is 6.25. The summed E-state index contributed by atoms with van der Waals surface area (Å²) in [5.41, 5.74) is 2.50. The van der Waals surface area contributed by atoms with Crippen LogP contribution in [0.5, 0.6) is 5.75 Å². The number of benzene rings is 1. The number of rotatable bonds is 7. The van der Waals surface area contributed by atoms with Crippen LogP contribution in [-0.4, -0.2) is 85.8 Å². The molecule has 1 heterocycles. The van der Waals surface area contributed by atoms with Gasteiger partial charge < -0.3 is 31.5 Å². The second-order valence-electron chi connectivity index (χ2n) is 10.8. The molecule has 0 fully saturated rings. The lowest BCUT2D eigenvalue weighted by Gasteiger charge is -2.50. The molecule has 0 saturated carbocycles. The number of ketones is 3. The Kier molecular flexibility index (Phi) is 7.02. The maximum atomic E-state index is 13.8. The Hall–Kier alpha value is -4.39. The van der Waals surface area contributed by atoms with Crippen LogP contribution < -0.4 is 11.1 Å². The lowest BCUT2D eigenvalue weighted by atomic mass is 9.58. The SMILES string of the molecule is CN(C)[C@@H]1C(O)=C(C(N)=O)C(=O)[C@@]2(O)C(O)=C3C(=O)c4c(O)ccc(C(=O)CNCc5ccccn5)c4C[C@H]3C[C@@H]12. The van der Waals surface area contributed by atoms with Crippen molar-refractivity contribution in [1.29, 1.82) is 0 Å². The standard InChI is InChI=1S/C29H30N4O8/c1-33(2)23-17-10-13-9-16-15(19(35)12-31-11-14-5-3-4-8-32-14)6-7-18(34)21(16)24(36)20(13)26(38)29(17,41)27(39)22(25(23)37)28(30)40/h3-8,13,17,23,31,34,37-38,41H,9-12H2,1-2H3,(H2,30,40)/t13-,17-,23-,29-/m0/s1. The first kappa shape index (κ1) is 28.1. The highest BCUT2D eigenvalue weighted by Gasteiger charge is 2.63. The largest absolute Gasteiger partial charge is 0.510 e. The zero-order valence-corrected chi connectivity index (χ0v) is 22.4. The average molecular weight is 563 g/mol. The van der Waals surface area contributed by atoms with Gasteiger partial charge in [0.05, 0.1) is 23.8 Å². The number of aromatic nitrogens is 1. The van der Waals surface area contributed by atoms with Crippen molar-refractivity contribution in [3.63, 3.8) is 0 Å². The molecule has 3 aliphatic carbocycles. The van der Waals surface area contributed by atoms with Gasteiger partial charge in [-0.3, -0.25) is 29.1 Å². The zero-order valence-electron chi connectivity index (χ0n) is 22.4. The van der Waals surface area contributed by atoms with E-state index >= 15 is 0 Å². The van der Waals surface area contributed by atoms with Gasteiger partial charge in [0.2, 0.25) is 5.78 Å². The highest BCUT2D eigenvalue weighted by atomic mass is 16.3. The Morgan fingerprint density at radius 3 is 2.51 bits per heavy atom. The van der Waals surface area contributed by atoms with Gasteiger partial charge in [0.25, 0.3) is 5.91 Å². The number of Topliss-reactive ketones (excluding diaryl/α,β-unsaturated/α-hetero) is 3. The fourth-order valence-electron chi connectivity index (χ4n) is 6.41. The number of phenolic OH excluding ortho intramolecular Hbond substituents is 1. The molecule has 4 atom stereocenters. The summed E-state index contributed by atoms with van der Waals surface area (Å²) < 4.78 is 0. The van der Waals surface area contributed by atoms with E-state index in [0.29, 0.717) is 6.54 Å². The minimum Gasteiger partial charge on any atom is -0.510 e. The number of carbonyl (C=O) groups excluding carboxylic acids is 4. The second kappa shape index (κ2) is 10.2. The molecule has 1 aromatic carbocycles. The highest BCUT2D eigenvalue weighted by Crippen LogP contribution is 2.52. The molecule has 0 unspecified atom stereocenters. The van der Waals surface area contributed by atoms with Gasteiger partial charge in [0, 0.05) is 29.8 Å². The Morgan fingerprint density at radius 1 is 1.15 bits per heavy atom. The summed E-state index contributed by atoms with van der Waals surface area (Å²) in [6.07, 6.45) is 1.61. The molecule has 41 heavy (non-hydrogen) atoms. The summed E-state index contributed by atoms with van der Waals surface area (Å²) in [4.78, 5) is 58.1. The van der Waals surface area contributed by atoms with E-state index in [9.17, 15) is 39.6 Å². The number of hydrogen-bond donors (Lipinski definition) is 6. The number of nitrogens with one attached hydrogen (secondary N) is 1. The number of hydrogen-bond acceptors (Lipinski definition) is 11. The van der Waals surface area contributed by atoms with Crippen LogP contribution >= 0.6 is 0 Å². The van der Waals surface area contributed by atoms with E-state index in [1.54, 1.807) is 32.4 Å². The monoisotopic (exact) mass is 562 g/mol. The summed E-state index contributed by atoms with van der Waals surface area (Å²) in [5.74, 6) is -7.71. The Balaban J connectivity index is 1.55. The second-order valence-corrected chi connectivity index (χ2v) is 10.8.